The molecular weight excluding hydrogens is 1890 g/mol. The first kappa shape index (κ1) is 131. The zero-order valence-electron chi connectivity index (χ0n) is 84.7. The second-order valence-electron chi connectivity index (χ2n) is 37.3. The van der Waals surface area contributed by atoms with Crippen molar-refractivity contribution in [1.82, 2.24) is 95.7 Å². The van der Waals surface area contributed by atoms with E-state index in [0.29, 0.717) is 19.3 Å². The number of amides is 18. The van der Waals surface area contributed by atoms with Crippen molar-refractivity contribution in [3.8, 4) is 0 Å². The third-order valence-electron chi connectivity index (χ3n) is 23.3. The minimum atomic E-state index is -1.91. The van der Waals surface area contributed by atoms with Gasteiger partial charge in [-0.2, -0.15) is 12.6 Å². The van der Waals surface area contributed by atoms with Gasteiger partial charge in [0.1, 0.15) is 96.7 Å². The van der Waals surface area contributed by atoms with Gasteiger partial charge in [-0.25, -0.2) is 4.79 Å². The second-order valence-corrected chi connectivity index (χ2v) is 37.7. The number of primary amides is 2. The molecule has 0 unspecified atom stereocenters. The molecule has 18 amide bonds. The van der Waals surface area contributed by atoms with Gasteiger partial charge in [0, 0.05) is 38.1 Å². The summed E-state index contributed by atoms with van der Waals surface area (Å²) in [6, 6.07) is -26.8. The van der Waals surface area contributed by atoms with Gasteiger partial charge in [0.15, 0.2) is 11.9 Å². The quantitative estimate of drug-likeness (QED) is 0.0117. The minimum absolute atomic E-state index is 0.0250. The van der Waals surface area contributed by atoms with Crippen molar-refractivity contribution < 1.29 is 121 Å². The number of aliphatic hydroxyl groups is 1. The monoisotopic (exact) mass is 2050 g/mol. The molecule has 52 nitrogen and oxygen atoms in total. The molecule has 0 spiro atoms. The maximum atomic E-state index is 14.9. The highest BCUT2D eigenvalue weighted by atomic mass is 32.1. The zero-order chi connectivity index (χ0) is 109. The number of carbonyl (C=O) groups is 21. The Morgan fingerprint density at radius 1 is 0.301 bits per heavy atom. The van der Waals surface area contributed by atoms with Crippen molar-refractivity contribution in [2.24, 2.45) is 81.6 Å². The molecule has 0 aliphatic carbocycles. The summed E-state index contributed by atoms with van der Waals surface area (Å²) in [5.41, 5.74) is 39.6. The summed E-state index contributed by atoms with van der Waals surface area (Å²) in [5, 5.41) is 101. The van der Waals surface area contributed by atoms with Crippen LogP contribution in [0.5, 0.6) is 0 Å². The van der Waals surface area contributed by atoms with Crippen molar-refractivity contribution in [3.05, 3.63) is 0 Å². The molecule has 143 heavy (non-hydrogen) atoms. The third kappa shape index (κ3) is 52.4. The largest absolute Gasteiger partial charge is 0.481 e. The van der Waals surface area contributed by atoms with Crippen LogP contribution in [0.15, 0.2) is 0 Å². The Kier molecular flexibility index (Phi) is 63.5. The Labute approximate surface area is 840 Å². The molecule has 0 saturated carbocycles. The van der Waals surface area contributed by atoms with E-state index in [1.807, 2.05) is 0 Å². The summed E-state index contributed by atoms with van der Waals surface area (Å²) < 4.78 is 0. The van der Waals surface area contributed by atoms with Gasteiger partial charge in [-0.05, 0) is 157 Å². The Hall–Kier alpha value is -12.4. The number of hydrogen-bond acceptors (Lipinski definition) is 28. The van der Waals surface area contributed by atoms with E-state index in [4.69, 9.17) is 51.0 Å². The van der Waals surface area contributed by atoms with Gasteiger partial charge < -0.3 is 156 Å². The van der Waals surface area contributed by atoms with E-state index >= 15 is 0 Å². The molecule has 0 aliphatic heterocycles. The van der Waals surface area contributed by atoms with Crippen molar-refractivity contribution in [3.63, 3.8) is 0 Å². The first-order valence-corrected chi connectivity index (χ1v) is 49.2. The molecular formula is C90H163N27O25S. The Bertz CT molecular complexity index is 4210. The van der Waals surface area contributed by atoms with E-state index in [9.17, 15) is 121 Å². The molecule has 0 bridgehead atoms. The van der Waals surface area contributed by atoms with E-state index in [1.54, 1.807) is 83.1 Å². The van der Waals surface area contributed by atoms with Gasteiger partial charge in [0.2, 0.25) is 106 Å². The van der Waals surface area contributed by atoms with Crippen LogP contribution in [0.4, 0.5) is 0 Å². The maximum absolute atomic E-state index is 14.9. The zero-order valence-corrected chi connectivity index (χ0v) is 85.6. The number of carbonyl (C=O) groups excluding carboxylic acids is 18. The van der Waals surface area contributed by atoms with E-state index < -0.39 is 326 Å². The predicted octanol–water partition coefficient (Wildman–Crippen LogP) is -6.34. The molecule has 53 heteroatoms. The normalized spacial score (nSPS) is 15.5. The SMILES string of the molecule is CC[C@H](C)[C@H](N)C(=O)N[C@@H](CC(=O)O)C(=O)N[C@@H](CCC(N)=O)C(=O)N[C@@H](CCC(N)=O)C(=O)N[C@H](C(=O)N[C@@H](CC(C)C)C(=O)N[C@@H](CO)C(=O)N[C@@H](CCCNC(=N)N)C(=O)N[C@H](C(=O)N[C@@H](CCCCN)C(=O)N[C@@H](CC(C)C)C(=O)N[C@@H](CCC(=O)O)C(=O)N[C@H](C(=O)N[C@@H](CCCCN)C(=O)N[C@@H](CCCNC(=N)N)C(=O)N[C@@H](CS)C(=O)N[C@@H](CC(C)C)C(=O)O)[C@@H](C)CC)[C@@H](C)CC)C(C)C. The van der Waals surface area contributed by atoms with Crippen molar-refractivity contribution in [2.75, 3.05) is 38.5 Å². The maximum Gasteiger partial charge on any atom is 0.326 e. The fourth-order valence-electron chi connectivity index (χ4n) is 14.4. The number of rotatable bonds is 75. The van der Waals surface area contributed by atoms with Crippen LogP contribution in [0.2, 0.25) is 0 Å². The summed E-state index contributed by atoms with van der Waals surface area (Å²) >= 11 is 4.22. The van der Waals surface area contributed by atoms with Crippen LogP contribution in [0.1, 0.15) is 245 Å². The van der Waals surface area contributed by atoms with Crippen LogP contribution < -0.4 is 136 Å². The van der Waals surface area contributed by atoms with Gasteiger partial charge in [-0.1, -0.05) is 116 Å². The van der Waals surface area contributed by atoms with Crippen LogP contribution in [0, 0.1) is 52.2 Å². The fraction of sp³-hybridized carbons (Fsp3) is 0.744. The Morgan fingerprint density at radius 3 is 0.881 bits per heavy atom. The van der Waals surface area contributed by atoms with E-state index in [1.165, 1.54) is 13.8 Å². The van der Waals surface area contributed by atoms with Gasteiger partial charge in [0.05, 0.1) is 19.1 Å². The minimum Gasteiger partial charge on any atom is -0.481 e. The molecule has 814 valence electrons. The lowest BCUT2D eigenvalue weighted by Crippen LogP contribution is -2.62. The first-order valence-electron chi connectivity index (χ1n) is 48.6. The van der Waals surface area contributed by atoms with Gasteiger partial charge in [-0.3, -0.25) is 107 Å². The summed E-state index contributed by atoms with van der Waals surface area (Å²) in [6.45, 7) is 22.1. The van der Waals surface area contributed by atoms with Crippen LogP contribution in [0.25, 0.3) is 0 Å². The molecule has 0 radical (unpaired) electrons. The number of carboxylic acids is 3. The lowest BCUT2D eigenvalue weighted by molar-refractivity contribution is -0.143. The van der Waals surface area contributed by atoms with Crippen LogP contribution in [0.3, 0.4) is 0 Å². The Balaban J connectivity index is 7.56. The lowest BCUT2D eigenvalue weighted by atomic mass is 9.96. The Morgan fingerprint density at radius 2 is 0.566 bits per heavy atom. The fourth-order valence-corrected chi connectivity index (χ4v) is 14.6. The van der Waals surface area contributed by atoms with E-state index in [0.717, 1.165) is 0 Å². The van der Waals surface area contributed by atoms with Crippen molar-refractivity contribution in [1.29, 1.82) is 10.8 Å². The molecule has 0 rings (SSSR count). The molecule has 0 aromatic carbocycles. The number of aliphatic carboxylic acids is 3. The average molecular weight is 2060 g/mol. The highest BCUT2D eigenvalue weighted by Crippen LogP contribution is 2.19. The summed E-state index contributed by atoms with van der Waals surface area (Å²) in [7, 11) is 0. The topological polar surface area (TPSA) is 886 Å². The van der Waals surface area contributed by atoms with Crippen molar-refractivity contribution in [2.45, 2.75) is 347 Å². The van der Waals surface area contributed by atoms with Crippen LogP contribution in [-0.4, -0.2) is 298 Å². The number of carboxylic acid groups (broad SMARTS) is 3. The average Bonchev–Trinajstić information content (AvgIpc) is 0.873. The molecule has 0 fully saturated rings. The summed E-state index contributed by atoms with van der Waals surface area (Å²) in [4.78, 5) is 290. The number of hydrogen-bond donors (Lipinski definition) is 32. The highest BCUT2D eigenvalue weighted by Gasteiger charge is 2.42. The standard InChI is InChI=1S/C90H163N27O25S/c1-15-48(12)68(95)84(137)110-60(41-67(123)124)81(134)105-55(28-31-64(93)119)75(128)104-56(29-32-65(94)120)77(130)115-69(47(10)11)85(138)111-59(39-45(6)7)80(133)113-62(42-118)82(135)103-54(27-23-37-101-90(98)99)76(129)116-70(49(13)16-2)86(139)108-52(25-19-21-35-92)73(126)109-58(38-44(4)5)79(132)106-57(30-33-66(121)122)78(131)117-71(50(14)17-3)87(140)107-51(24-18-20-34-91)72(125)102-53(26-22-36-100-89(96)97)74(127)114-63(43-143)83(136)112-61(88(141)142)40-46(8)9/h44-63,68-71,118,143H,15-43,91-92,95H2,1-14H3,(H2,93,119)(H2,94,120)(H,102,125)(H,103,135)(H,104,128)(H,105,134)(H,106,132)(H,107,140)(H,108,139)(H,109,126)(H,110,137)(H,111,138)(H,112,136)(H,113,133)(H,114,127)(H,115,130)(H,116,129)(H,117,131)(H,121,122)(H,123,124)(H,141,142)(H4,96,97,100)(H4,98,99,101)/t48-,49-,50-,51-,52-,53-,54-,55-,56-,57-,58-,59-,60-,61-,62-,63-,68-,69-,70-,71-/m0/s1. The summed E-state index contributed by atoms with van der Waals surface area (Å²) in [5.74, 6) is -27.7. The van der Waals surface area contributed by atoms with Gasteiger partial charge >= 0.3 is 17.9 Å². The first-order chi connectivity index (χ1) is 67.0. The van der Waals surface area contributed by atoms with Crippen molar-refractivity contribution >= 4 is 149 Å². The predicted molar refractivity (Wildman–Crippen MR) is 529 cm³/mol. The van der Waals surface area contributed by atoms with Gasteiger partial charge in [0.25, 0.3) is 0 Å². The smallest absolute Gasteiger partial charge is 0.326 e. The highest BCUT2D eigenvalue weighted by molar-refractivity contribution is 7.80. The molecule has 20 atom stereocenters. The molecule has 0 aromatic rings. The van der Waals surface area contributed by atoms with Gasteiger partial charge in [-0.15, -0.1) is 0 Å². The van der Waals surface area contributed by atoms with E-state index in [2.05, 4.69) is 108 Å². The molecule has 0 aliphatic rings. The summed E-state index contributed by atoms with van der Waals surface area (Å²) in [6.07, 6.45) is -3.61. The number of aliphatic hydroxyl groups excluding tert-OH is 1. The number of nitrogens with two attached hydrogens (primary N) is 7. The number of guanidine groups is 2. The number of nitrogens with one attached hydrogen (secondary N) is 20. The van der Waals surface area contributed by atoms with E-state index in [-0.39, 0.29) is 121 Å². The van der Waals surface area contributed by atoms with Crippen LogP contribution in [-0.2, 0) is 101 Å². The molecule has 0 aromatic heterocycles. The number of thiol groups is 1. The molecule has 38 N–H and O–H groups in total. The third-order valence-corrected chi connectivity index (χ3v) is 23.7. The second kappa shape index (κ2) is 69.5. The lowest BCUT2D eigenvalue weighted by Gasteiger charge is -2.31. The number of unbranched alkanes of at least 4 members (excludes halogenated alkanes) is 2. The van der Waals surface area contributed by atoms with Crippen LogP contribution >= 0.6 is 12.6 Å². The molecule has 0 saturated heterocycles. The molecule has 0 heterocycles.